The van der Waals surface area contributed by atoms with Crippen LogP contribution in [0.15, 0.2) is 41.5 Å². The highest BCUT2D eigenvalue weighted by Gasteiger charge is 2.32. The van der Waals surface area contributed by atoms with Gasteiger partial charge in [-0.1, -0.05) is 0 Å². The molecule has 0 amide bonds. The van der Waals surface area contributed by atoms with Gasteiger partial charge in [-0.05, 0) is 43.5 Å². The summed E-state index contributed by atoms with van der Waals surface area (Å²) in [5, 5.41) is 3.07. The zero-order chi connectivity index (χ0) is 19.2. The first kappa shape index (κ1) is 17.4. The van der Waals surface area contributed by atoms with Gasteiger partial charge >= 0.3 is 6.18 Å². The monoisotopic (exact) mass is 378 g/mol. The van der Waals surface area contributed by atoms with Crippen molar-refractivity contribution < 1.29 is 17.6 Å². The minimum atomic E-state index is -4.60. The summed E-state index contributed by atoms with van der Waals surface area (Å²) in [5.41, 5.74) is -2.29. The summed E-state index contributed by atoms with van der Waals surface area (Å²) in [5.74, 6) is -0.808. The summed E-state index contributed by atoms with van der Waals surface area (Å²) >= 11 is 0. The molecule has 0 unspecified atom stereocenters. The molecule has 4 rings (SSSR count). The van der Waals surface area contributed by atoms with Crippen molar-refractivity contribution in [3.05, 3.63) is 58.5 Å². The highest BCUT2D eigenvalue weighted by Crippen LogP contribution is 2.33. The Bertz CT molecular complexity index is 1070. The molecule has 0 aromatic carbocycles. The minimum absolute atomic E-state index is 0.0847. The lowest BCUT2D eigenvalue weighted by molar-refractivity contribution is -0.137. The predicted molar refractivity (Wildman–Crippen MR) is 90.9 cm³/mol. The van der Waals surface area contributed by atoms with Crippen LogP contribution in [0.2, 0.25) is 0 Å². The third-order valence-electron chi connectivity index (χ3n) is 4.65. The molecule has 3 aromatic rings. The van der Waals surface area contributed by atoms with Crippen LogP contribution < -0.4 is 10.9 Å². The van der Waals surface area contributed by atoms with E-state index in [-0.39, 0.29) is 28.6 Å². The highest BCUT2D eigenvalue weighted by molar-refractivity contribution is 5.81. The van der Waals surface area contributed by atoms with Gasteiger partial charge in [0.1, 0.15) is 0 Å². The average molecular weight is 378 g/mol. The summed E-state index contributed by atoms with van der Waals surface area (Å²) in [6.07, 6.45) is 0.577. The summed E-state index contributed by atoms with van der Waals surface area (Å²) < 4.78 is 55.1. The standard InChI is InChI=1S/C18H14F4N4O/c19-15-12(5-2-7-23-15)14-13-9-10(18(20,21)22)6-8-26(13)17(25-16(14)27)24-11-3-1-4-11/h2,5-9,11H,1,3-4H2,(H,24,25,27). The smallest absolute Gasteiger partial charge is 0.353 e. The molecule has 27 heavy (non-hydrogen) atoms. The van der Waals surface area contributed by atoms with E-state index in [4.69, 9.17) is 0 Å². The van der Waals surface area contributed by atoms with Crippen molar-refractivity contribution >= 4 is 11.5 Å². The first-order valence-electron chi connectivity index (χ1n) is 8.35. The van der Waals surface area contributed by atoms with Crippen LogP contribution >= 0.6 is 0 Å². The van der Waals surface area contributed by atoms with Crippen molar-refractivity contribution in [2.24, 2.45) is 0 Å². The van der Waals surface area contributed by atoms with Crippen molar-refractivity contribution in [3.8, 4) is 11.1 Å². The maximum absolute atomic E-state index is 14.2. The van der Waals surface area contributed by atoms with E-state index in [1.807, 2.05) is 0 Å². The van der Waals surface area contributed by atoms with E-state index in [9.17, 15) is 22.4 Å². The lowest BCUT2D eigenvalue weighted by Gasteiger charge is -2.27. The second-order valence-electron chi connectivity index (χ2n) is 6.40. The van der Waals surface area contributed by atoms with Crippen LogP contribution in [0.3, 0.4) is 0 Å². The summed E-state index contributed by atoms with van der Waals surface area (Å²) in [6.45, 7) is 0. The van der Waals surface area contributed by atoms with E-state index in [0.29, 0.717) is 0 Å². The SMILES string of the molecule is O=c1nc(NC2CCC2)n2ccc(C(F)(F)F)cc2c1-c1cccnc1F. The number of alkyl halides is 3. The third kappa shape index (κ3) is 3.13. The molecule has 1 saturated carbocycles. The van der Waals surface area contributed by atoms with E-state index in [0.717, 1.165) is 31.4 Å². The van der Waals surface area contributed by atoms with E-state index in [1.54, 1.807) is 0 Å². The van der Waals surface area contributed by atoms with E-state index < -0.39 is 23.2 Å². The van der Waals surface area contributed by atoms with Crippen LogP contribution in [0.4, 0.5) is 23.5 Å². The molecule has 0 aliphatic heterocycles. The quantitative estimate of drug-likeness (QED) is 0.555. The van der Waals surface area contributed by atoms with Gasteiger partial charge in [0.05, 0.1) is 16.6 Å². The van der Waals surface area contributed by atoms with Gasteiger partial charge in [0, 0.05) is 24.0 Å². The molecule has 5 nitrogen and oxygen atoms in total. The molecule has 0 spiro atoms. The van der Waals surface area contributed by atoms with Crippen molar-refractivity contribution in [3.63, 3.8) is 0 Å². The number of fused-ring (bicyclic) bond motifs is 1. The largest absolute Gasteiger partial charge is 0.416 e. The molecular weight excluding hydrogens is 364 g/mol. The molecule has 140 valence electrons. The number of halogens is 4. The Labute approximate surface area is 150 Å². The van der Waals surface area contributed by atoms with E-state index in [1.165, 1.54) is 28.9 Å². The number of aromatic nitrogens is 3. The lowest BCUT2D eigenvalue weighted by atomic mass is 9.93. The number of nitrogens with zero attached hydrogens (tertiary/aromatic N) is 3. The number of rotatable bonds is 3. The maximum atomic E-state index is 14.2. The van der Waals surface area contributed by atoms with Crippen LogP contribution in [0, 0.1) is 5.95 Å². The fraction of sp³-hybridized carbons (Fsp3) is 0.278. The molecule has 1 aliphatic rings. The molecule has 9 heteroatoms. The Morgan fingerprint density at radius 2 is 2.00 bits per heavy atom. The predicted octanol–water partition coefficient (Wildman–Crippen LogP) is 3.88. The molecule has 0 radical (unpaired) electrons. The first-order chi connectivity index (χ1) is 12.8. The third-order valence-corrected chi connectivity index (χ3v) is 4.65. The summed E-state index contributed by atoms with van der Waals surface area (Å²) in [6, 6.07) is 4.53. The Morgan fingerprint density at radius 1 is 1.22 bits per heavy atom. The van der Waals surface area contributed by atoms with Crippen LogP contribution in [0.5, 0.6) is 0 Å². The number of hydrogen-bond donors (Lipinski definition) is 1. The Hall–Kier alpha value is -2.97. The zero-order valence-electron chi connectivity index (χ0n) is 13.9. The van der Waals surface area contributed by atoms with Gasteiger partial charge in [0.15, 0.2) is 0 Å². The number of pyridine rings is 2. The van der Waals surface area contributed by atoms with Gasteiger partial charge in [-0.25, -0.2) is 4.98 Å². The maximum Gasteiger partial charge on any atom is 0.416 e. The number of nitrogens with one attached hydrogen (secondary N) is 1. The van der Waals surface area contributed by atoms with Gasteiger partial charge in [-0.2, -0.15) is 22.5 Å². The Balaban J connectivity index is 2.01. The molecule has 1 aliphatic carbocycles. The Morgan fingerprint density at radius 3 is 2.63 bits per heavy atom. The number of anilines is 1. The van der Waals surface area contributed by atoms with Gasteiger partial charge in [-0.15, -0.1) is 0 Å². The molecule has 0 saturated heterocycles. The van der Waals surface area contributed by atoms with Gasteiger partial charge in [0.2, 0.25) is 11.9 Å². The fourth-order valence-corrected chi connectivity index (χ4v) is 3.03. The fourth-order valence-electron chi connectivity index (χ4n) is 3.03. The van der Waals surface area contributed by atoms with Crippen molar-refractivity contribution in [1.29, 1.82) is 0 Å². The molecular formula is C18H14F4N4O. The summed E-state index contributed by atoms with van der Waals surface area (Å²) in [4.78, 5) is 20.1. The van der Waals surface area contributed by atoms with Crippen molar-refractivity contribution in [2.45, 2.75) is 31.5 Å². The molecule has 3 aromatic heterocycles. The molecule has 3 heterocycles. The molecule has 0 bridgehead atoms. The van der Waals surface area contributed by atoms with Crippen LogP contribution in [0.1, 0.15) is 24.8 Å². The molecule has 1 fully saturated rings. The second kappa shape index (κ2) is 6.33. The second-order valence-corrected chi connectivity index (χ2v) is 6.40. The number of hydrogen-bond acceptors (Lipinski definition) is 4. The first-order valence-corrected chi connectivity index (χ1v) is 8.35. The highest BCUT2D eigenvalue weighted by atomic mass is 19.4. The molecule has 1 N–H and O–H groups in total. The normalized spacial score (nSPS) is 15.0. The van der Waals surface area contributed by atoms with Crippen molar-refractivity contribution in [1.82, 2.24) is 14.4 Å². The average Bonchev–Trinajstić information content (AvgIpc) is 2.58. The minimum Gasteiger partial charge on any atom is -0.353 e. The van der Waals surface area contributed by atoms with Gasteiger partial charge in [-0.3, -0.25) is 9.20 Å². The van der Waals surface area contributed by atoms with E-state index >= 15 is 0 Å². The van der Waals surface area contributed by atoms with Gasteiger partial charge < -0.3 is 5.32 Å². The summed E-state index contributed by atoms with van der Waals surface area (Å²) in [7, 11) is 0. The van der Waals surface area contributed by atoms with Gasteiger partial charge in [0.25, 0.3) is 5.56 Å². The topological polar surface area (TPSA) is 59.3 Å². The Kier molecular flexibility index (Phi) is 4.09. The zero-order valence-corrected chi connectivity index (χ0v) is 13.9. The van der Waals surface area contributed by atoms with E-state index in [2.05, 4.69) is 15.3 Å². The lowest BCUT2D eigenvalue weighted by Crippen LogP contribution is -2.30. The molecule has 0 atom stereocenters. The van der Waals surface area contributed by atoms with Crippen LogP contribution in [-0.2, 0) is 6.18 Å². The van der Waals surface area contributed by atoms with Crippen molar-refractivity contribution in [2.75, 3.05) is 5.32 Å². The van der Waals surface area contributed by atoms with Crippen LogP contribution in [0.25, 0.3) is 16.6 Å². The van der Waals surface area contributed by atoms with Crippen LogP contribution in [-0.4, -0.2) is 20.4 Å².